The van der Waals surface area contributed by atoms with Crippen LogP contribution in [-0.2, 0) is 6.54 Å². The van der Waals surface area contributed by atoms with Crippen LogP contribution in [0.15, 0.2) is 51.5 Å². The molecule has 0 aliphatic heterocycles. The minimum absolute atomic E-state index is 0.00803. The maximum Gasteiger partial charge on any atom is 0.255 e. The van der Waals surface area contributed by atoms with Crippen LogP contribution in [0.4, 0.5) is 0 Å². The van der Waals surface area contributed by atoms with Crippen molar-refractivity contribution in [2.24, 2.45) is 0 Å². The van der Waals surface area contributed by atoms with Crippen molar-refractivity contribution in [1.82, 2.24) is 9.88 Å². The molecule has 0 unspecified atom stereocenters. The van der Waals surface area contributed by atoms with Gasteiger partial charge >= 0.3 is 0 Å². The third kappa shape index (κ3) is 3.67. The number of pyridine rings is 1. The molecule has 0 atom stereocenters. The molecule has 20 heavy (non-hydrogen) atoms. The Morgan fingerprint density at radius 3 is 2.70 bits per heavy atom. The number of aromatic nitrogens is 1. The summed E-state index contributed by atoms with van der Waals surface area (Å²) in [5.74, 6) is -0.00803. The third-order valence-electron chi connectivity index (χ3n) is 2.91. The summed E-state index contributed by atoms with van der Waals surface area (Å²) in [4.78, 5) is 18.6. The van der Waals surface area contributed by atoms with Gasteiger partial charge in [0.05, 0.1) is 17.8 Å². The van der Waals surface area contributed by atoms with Crippen LogP contribution in [0.2, 0.25) is 0 Å². The lowest BCUT2D eigenvalue weighted by Gasteiger charge is -2.21. The highest BCUT2D eigenvalue weighted by Gasteiger charge is 2.17. The van der Waals surface area contributed by atoms with Crippen molar-refractivity contribution < 1.29 is 4.79 Å². The third-order valence-corrected chi connectivity index (χ3v) is 4.09. The summed E-state index contributed by atoms with van der Waals surface area (Å²) >= 11 is 6.83. The van der Waals surface area contributed by atoms with Crippen LogP contribution in [0.5, 0.6) is 0 Å². The van der Waals surface area contributed by atoms with Crippen LogP contribution in [0.1, 0.15) is 23.0 Å². The summed E-state index contributed by atoms with van der Waals surface area (Å²) in [5.41, 5.74) is 1.53. The molecular formula is C15H14Br2N2O. The Hall–Kier alpha value is -1.20. The number of hydrogen-bond donors (Lipinski definition) is 0. The molecular weight excluding hydrogens is 384 g/mol. The number of hydrogen-bond acceptors (Lipinski definition) is 2. The van der Waals surface area contributed by atoms with Crippen molar-refractivity contribution in [2.45, 2.75) is 13.5 Å². The van der Waals surface area contributed by atoms with Crippen LogP contribution in [0.3, 0.4) is 0 Å². The SMILES string of the molecule is CCN(Cc1ccccn1)C(=O)c1cc(Br)ccc1Br. The van der Waals surface area contributed by atoms with Gasteiger partial charge in [0.2, 0.25) is 0 Å². The highest BCUT2D eigenvalue weighted by molar-refractivity contribution is 9.11. The molecule has 0 radical (unpaired) electrons. The summed E-state index contributed by atoms with van der Waals surface area (Å²) in [5, 5.41) is 0. The van der Waals surface area contributed by atoms with Gasteiger partial charge in [-0.05, 0) is 53.2 Å². The fourth-order valence-electron chi connectivity index (χ4n) is 1.85. The van der Waals surface area contributed by atoms with Crippen molar-refractivity contribution in [1.29, 1.82) is 0 Å². The number of rotatable bonds is 4. The van der Waals surface area contributed by atoms with Gasteiger partial charge in [0.25, 0.3) is 5.91 Å². The van der Waals surface area contributed by atoms with Crippen LogP contribution >= 0.6 is 31.9 Å². The van der Waals surface area contributed by atoms with E-state index >= 15 is 0 Å². The summed E-state index contributed by atoms with van der Waals surface area (Å²) in [6, 6.07) is 11.3. The number of benzene rings is 1. The highest BCUT2D eigenvalue weighted by Crippen LogP contribution is 2.23. The maximum absolute atomic E-state index is 12.6. The normalized spacial score (nSPS) is 10.3. The Kier molecular flexibility index (Phi) is 5.31. The highest BCUT2D eigenvalue weighted by atomic mass is 79.9. The Morgan fingerprint density at radius 1 is 1.25 bits per heavy atom. The van der Waals surface area contributed by atoms with Gasteiger partial charge in [0, 0.05) is 21.7 Å². The molecule has 0 saturated carbocycles. The largest absolute Gasteiger partial charge is 0.333 e. The van der Waals surface area contributed by atoms with E-state index in [0.29, 0.717) is 18.7 Å². The van der Waals surface area contributed by atoms with Gasteiger partial charge in [-0.25, -0.2) is 0 Å². The average Bonchev–Trinajstić information content (AvgIpc) is 2.47. The first-order valence-electron chi connectivity index (χ1n) is 6.26. The van der Waals surface area contributed by atoms with Crippen molar-refractivity contribution in [3.05, 3.63) is 62.8 Å². The van der Waals surface area contributed by atoms with Gasteiger partial charge in [-0.15, -0.1) is 0 Å². The molecule has 0 aliphatic carbocycles. The molecule has 0 N–H and O–H groups in total. The Labute approximate surface area is 135 Å². The molecule has 1 heterocycles. The zero-order valence-electron chi connectivity index (χ0n) is 11.0. The second-order valence-electron chi connectivity index (χ2n) is 4.26. The maximum atomic E-state index is 12.6. The predicted molar refractivity (Wildman–Crippen MR) is 86.5 cm³/mol. The van der Waals surface area contributed by atoms with Gasteiger partial charge in [-0.1, -0.05) is 22.0 Å². The quantitative estimate of drug-likeness (QED) is 0.771. The Morgan fingerprint density at radius 2 is 2.05 bits per heavy atom. The smallest absolute Gasteiger partial charge is 0.255 e. The summed E-state index contributed by atoms with van der Waals surface area (Å²) in [7, 11) is 0. The van der Waals surface area contributed by atoms with E-state index in [1.807, 2.05) is 43.3 Å². The molecule has 1 aromatic heterocycles. The van der Waals surface area contributed by atoms with Gasteiger partial charge in [0.15, 0.2) is 0 Å². The monoisotopic (exact) mass is 396 g/mol. The van der Waals surface area contributed by atoms with E-state index in [1.54, 1.807) is 11.1 Å². The first kappa shape index (κ1) is 15.2. The zero-order chi connectivity index (χ0) is 14.5. The lowest BCUT2D eigenvalue weighted by molar-refractivity contribution is 0.0749. The minimum Gasteiger partial charge on any atom is -0.333 e. The second-order valence-corrected chi connectivity index (χ2v) is 6.03. The zero-order valence-corrected chi connectivity index (χ0v) is 14.2. The molecule has 0 bridgehead atoms. The molecule has 5 heteroatoms. The molecule has 3 nitrogen and oxygen atoms in total. The van der Waals surface area contributed by atoms with Crippen molar-refractivity contribution in [3.63, 3.8) is 0 Å². The predicted octanol–water partition coefficient (Wildman–Crippen LogP) is 4.27. The molecule has 104 valence electrons. The van der Waals surface area contributed by atoms with Crippen molar-refractivity contribution >= 4 is 37.8 Å². The van der Waals surface area contributed by atoms with E-state index in [2.05, 4.69) is 36.8 Å². The van der Waals surface area contributed by atoms with Gasteiger partial charge < -0.3 is 4.90 Å². The molecule has 1 amide bonds. The molecule has 0 spiro atoms. The fourth-order valence-corrected chi connectivity index (χ4v) is 2.62. The van der Waals surface area contributed by atoms with Gasteiger partial charge in [-0.3, -0.25) is 9.78 Å². The lowest BCUT2D eigenvalue weighted by Crippen LogP contribution is -2.30. The number of amides is 1. The number of carbonyl (C=O) groups excluding carboxylic acids is 1. The van der Waals surface area contributed by atoms with E-state index < -0.39 is 0 Å². The summed E-state index contributed by atoms with van der Waals surface area (Å²) in [6.45, 7) is 3.11. The van der Waals surface area contributed by atoms with E-state index in [9.17, 15) is 4.79 Å². The Bertz CT molecular complexity index is 602. The van der Waals surface area contributed by atoms with Gasteiger partial charge in [-0.2, -0.15) is 0 Å². The van der Waals surface area contributed by atoms with E-state index in [1.165, 1.54) is 0 Å². The van der Waals surface area contributed by atoms with Crippen LogP contribution < -0.4 is 0 Å². The number of halogens is 2. The summed E-state index contributed by atoms with van der Waals surface area (Å²) in [6.07, 6.45) is 1.74. The summed E-state index contributed by atoms with van der Waals surface area (Å²) < 4.78 is 1.68. The van der Waals surface area contributed by atoms with E-state index in [0.717, 1.165) is 14.6 Å². The first-order valence-corrected chi connectivity index (χ1v) is 7.84. The van der Waals surface area contributed by atoms with E-state index in [4.69, 9.17) is 0 Å². The average molecular weight is 398 g/mol. The van der Waals surface area contributed by atoms with Crippen molar-refractivity contribution in [3.8, 4) is 0 Å². The standard InChI is InChI=1S/C15H14Br2N2O/c1-2-19(10-12-5-3-4-8-18-12)15(20)13-9-11(16)6-7-14(13)17/h3-9H,2,10H2,1H3. The van der Waals surface area contributed by atoms with Crippen molar-refractivity contribution in [2.75, 3.05) is 6.54 Å². The lowest BCUT2D eigenvalue weighted by atomic mass is 10.2. The molecule has 2 aromatic rings. The van der Waals surface area contributed by atoms with Crippen LogP contribution in [-0.4, -0.2) is 22.3 Å². The van der Waals surface area contributed by atoms with E-state index in [-0.39, 0.29) is 5.91 Å². The minimum atomic E-state index is -0.00803. The number of nitrogens with zero attached hydrogens (tertiary/aromatic N) is 2. The van der Waals surface area contributed by atoms with Crippen LogP contribution in [0, 0.1) is 0 Å². The molecule has 2 rings (SSSR count). The molecule has 1 aromatic carbocycles. The first-order chi connectivity index (χ1) is 9.61. The molecule has 0 saturated heterocycles. The van der Waals surface area contributed by atoms with Crippen LogP contribution in [0.25, 0.3) is 0 Å². The van der Waals surface area contributed by atoms with Gasteiger partial charge in [0.1, 0.15) is 0 Å². The fraction of sp³-hybridized carbons (Fsp3) is 0.200. The topological polar surface area (TPSA) is 33.2 Å². The second kappa shape index (κ2) is 6.99. The molecule has 0 aliphatic rings. The molecule has 0 fully saturated rings. The number of carbonyl (C=O) groups is 1. The Balaban J connectivity index is 2.23.